The molecule has 5 heteroatoms. The lowest BCUT2D eigenvalue weighted by Crippen LogP contribution is -2.25. The van der Waals surface area contributed by atoms with Crippen LogP contribution in [0.15, 0.2) is 24.0 Å². The van der Waals surface area contributed by atoms with E-state index in [1.165, 1.54) is 37.6 Å². The molecule has 1 heterocycles. The van der Waals surface area contributed by atoms with Crippen LogP contribution in [-0.2, 0) is 0 Å². The van der Waals surface area contributed by atoms with Crippen molar-refractivity contribution in [1.29, 1.82) is 0 Å². The third kappa shape index (κ3) is 5.47. The Morgan fingerprint density at radius 3 is 2.95 bits per heavy atom. The highest BCUT2D eigenvalue weighted by Crippen LogP contribution is 2.19. The van der Waals surface area contributed by atoms with Gasteiger partial charge in [-0.25, -0.2) is 9.97 Å². The molecule has 0 aliphatic heterocycles. The summed E-state index contributed by atoms with van der Waals surface area (Å²) in [5.41, 5.74) is 1.95. The van der Waals surface area contributed by atoms with Crippen LogP contribution in [0.2, 0.25) is 0 Å². The lowest BCUT2D eigenvalue weighted by molar-refractivity contribution is 0.0948. The maximum absolute atomic E-state index is 12.0. The number of anilines is 1. The van der Waals surface area contributed by atoms with Gasteiger partial charge in [0.1, 0.15) is 17.8 Å². The first-order chi connectivity index (χ1) is 10.8. The second kappa shape index (κ2) is 9.18. The molecule has 1 aliphatic rings. The number of amides is 1. The molecule has 0 aromatic carbocycles. The Kier molecular flexibility index (Phi) is 6.87. The fourth-order valence-corrected chi connectivity index (χ4v) is 2.53. The number of hydrogen-bond acceptors (Lipinski definition) is 4. The molecule has 0 bridgehead atoms. The van der Waals surface area contributed by atoms with Gasteiger partial charge in [0.2, 0.25) is 0 Å². The molecule has 1 aromatic heterocycles. The van der Waals surface area contributed by atoms with Crippen molar-refractivity contribution in [3.05, 3.63) is 29.7 Å². The molecule has 22 heavy (non-hydrogen) atoms. The van der Waals surface area contributed by atoms with Gasteiger partial charge in [0, 0.05) is 19.2 Å². The zero-order chi connectivity index (χ0) is 15.6. The summed E-state index contributed by atoms with van der Waals surface area (Å²) in [6.45, 7) is 3.64. The Labute approximate surface area is 132 Å². The number of aromatic nitrogens is 2. The normalized spacial score (nSPS) is 14.3. The van der Waals surface area contributed by atoms with E-state index in [1.807, 2.05) is 0 Å². The van der Waals surface area contributed by atoms with E-state index in [1.54, 1.807) is 6.07 Å². The highest BCUT2D eigenvalue weighted by molar-refractivity contribution is 5.92. The maximum Gasteiger partial charge on any atom is 0.270 e. The Morgan fingerprint density at radius 2 is 2.18 bits per heavy atom. The van der Waals surface area contributed by atoms with E-state index in [0.717, 1.165) is 25.8 Å². The van der Waals surface area contributed by atoms with Crippen LogP contribution in [0, 0.1) is 0 Å². The van der Waals surface area contributed by atoms with Crippen LogP contribution in [-0.4, -0.2) is 29.0 Å². The molecule has 0 radical (unpaired) electrons. The number of carbonyl (C=O) groups excluding carboxylic acids is 1. The molecule has 120 valence electrons. The SMILES string of the molecule is CCCCNC(=O)c1cc(NCCC2=CCCCC2)ncn1. The zero-order valence-electron chi connectivity index (χ0n) is 13.4. The molecule has 0 atom stereocenters. The molecule has 0 saturated carbocycles. The number of nitrogens with one attached hydrogen (secondary N) is 2. The number of carbonyl (C=O) groups is 1. The van der Waals surface area contributed by atoms with Gasteiger partial charge in [-0.15, -0.1) is 0 Å². The van der Waals surface area contributed by atoms with Crippen molar-refractivity contribution in [2.45, 2.75) is 51.9 Å². The van der Waals surface area contributed by atoms with Crippen LogP contribution < -0.4 is 10.6 Å². The van der Waals surface area contributed by atoms with E-state index in [4.69, 9.17) is 0 Å². The number of unbranched alkanes of at least 4 members (excludes halogenated alkanes) is 1. The minimum Gasteiger partial charge on any atom is -0.370 e. The summed E-state index contributed by atoms with van der Waals surface area (Å²) < 4.78 is 0. The van der Waals surface area contributed by atoms with E-state index in [-0.39, 0.29) is 5.91 Å². The van der Waals surface area contributed by atoms with Crippen LogP contribution in [0.1, 0.15) is 62.4 Å². The summed E-state index contributed by atoms with van der Waals surface area (Å²) in [6, 6.07) is 1.72. The Morgan fingerprint density at radius 1 is 1.27 bits per heavy atom. The molecule has 0 spiro atoms. The Hall–Kier alpha value is -1.91. The second-order valence-electron chi connectivity index (χ2n) is 5.68. The van der Waals surface area contributed by atoms with Gasteiger partial charge in [-0.05, 0) is 38.5 Å². The summed E-state index contributed by atoms with van der Waals surface area (Å²) in [7, 11) is 0. The van der Waals surface area contributed by atoms with Crippen LogP contribution in [0.25, 0.3) is 0 Å². The first-order valence-corrected chi connectivity index (χ1v) is 8.31. The van der Waals surface area contributed by atoms with Gasteiger partial charge in [0.15, 0.2) is 0 Å². The largest absolute Gasteiger partial charge is 0.370 e. The standard InChI is InChI=1S/C17H26N4O/c1-2-3-10-19-17(22)15-12-16(21-13-20-15)18-11-9-14-7-5-4-6-8-14/h7,12-13H,2-6,8-11H2,1H3,(H,19,22)(H,18,20,21). The predicted octanol–water partition coefficient (Wildman–Crippen LogP) is 3.31. The van der Waals surface area contributed by atoms with Crippen molar-refractivity contribution in [1.82, 2.24) is 15.3 Å². The van der Waals surface area contributed by atoms with Crippen LogP contribution >= 0.6 is 0 Å². The zero-order valence-corrected chi connectivity index (χ0v) is 13.4. The third-order valence-corrected chi connectivity index (χ3v) is 3.85. The van der Waals surface area contributed by atoms with E-state index >= 15 is 0 Å². The van der Waals surface area contributed by atoms with E-state index in [9.17, 15) is 4.79 Å². The van der Waals surface area contributed by atoms with Crippen LogP contribution in [0.3, 0.4) is 0 Å². The van der Waals surface area contributed by atoms with Crippen molar-refractivity contribution in [2.24, 2.45) is 0 Å². The number of hydrogen-bond donors (Lipinski definition) is 2. The summed E-state index contributed by atoms with van der Waals surface area (Å²) in [5.74, 6) is 0.584. The summed E-state index contributed by atoms with van der Waals surface area (Å²) >= 11 is 0. The maximum atomic E-state index is 12.0. The van der Waals surface area contributed by atoms with Gasteiger partial charge >= 0.3 is 0 Å². The molecule has 0 fully saturated rings. The fourth-order valence-electron chi connectivity index (χ4n) is 2.53. The van der Waals surface area contributed by atoms with E-state index in [0.29, 0.717) is 18.1 Å². The van der Waals surface area contributed by atoms with Gasteiger partial charge in [-0.1, -0.05) is 25.0 Å². The lowest BCUT2D eigenvalue weighted by atomic mass is 9.97. The van der Waals surface area contributed by atoms with E-state index in [2.05, 4.69) is 33.6 Å². The molecule has 1 aromatic rings. The summed E-state index contributed by atoms with van der Waals surface area (Å²) in [6.07, 6.45) is 11.9. The highest BCUT2D eigenvalue weighted by Gasteiger charge is 2.08. The Balaban J connectivity index is 1.80. The molecule has 1 aliphatic carbocycles. The van der Waals surface area contributed by atoms with Gasteiger partial charge in [0.05, 0.1) is 0 Å². The molecule has 5 nitrogen and oxygen atoms in total. The number of allylic oxidation sites excluding steroid dienone is 1. The number of nitrogens with zero attached hydrogens (tertiary/aromatic N) is 2. The van der Waals surface area contributed by atoms with Crippen molar-refractivity contribution in [3.63, 3.8) is 0 Å². The topological polar surface area (TPSA) is 66.9 Å². The molecule has 0 saturated heterocycles. The average molecular weight is 302 g/mol. The van der Waals surface area contributed by atoms with Crippen LogP contribution in [0.5, 0.6) is 0 Å². The predicted molar refractivity (Wildman–Crippen MR) is 88.9 cm³/mol. The van der Waals surface area contributed by atoms with Gasteiger partial charge in [-0.3, -0.25) is 4.79 Å². The number of rotatable bonds is 8. The molecule has 2 N–H and O–H groups in total. The highest BCUT2D eigenvalue weighted by atomic mass is 16.1. The average Bonchev–Trinajstić information content (AvgIpc) is 2.56. The smallest absolute Gasteiger partial charge is 0.270 e. The van der Waals surface area contributed by atoms with Gasteiger partial charge in [0.25, 0.3) is 5.91 Å². The second-order valence-corrected chi connectivity index (χ2v) is 5.68. The minimum absolute atomic E-state index is 0.131. The van der Waals surface area contributed by atoms with Gasteiger partial charge in [-0.2, -0.15) is 0 Å². The van der Waals surface area contributed by atoms with E-state index < -0.39 is 0 Å². The molecule has 1 amide bonds. The van der Waals surface area contributed by atoms with Crippen molar-refractivity contribution in [3.8, 4) is 0 Å². The minimum atomic E-state index is -0.131. The summed E-state index contributed by atoms with van der Waals surface area (Å²) in [4.78, 5) is 20.2. The summed E-state index contributed by atoms with van der Waals surface area (Å²) in [5, 5.41) is 6.15. The van der Waals surface area contributed by atoms with Crippen molar-refractivity contribution < 1.29 is 4.79 Å². The first kappa shape index (κ1) is 16.5. The van der Waals surface area contributed by atoms with Crippen molar-refractivity contribution >= 4 is 11.7 Å². The van der Waals surface area contributed by atoms with Crippen LogP contribution in [0.4, 0.5) is 5.82 Å². The first-order valence-electron chi connectivity index (χ1n) is 8.31. The molecular formula is C17H26N4O. The quantitative estimate of drug-likeness (QED) is 0.571. The molecule has 2 rings (SSSR count). The lowest BCUT2D eigenvalue weighted by Gasteiger charge is -2.13. The molecule has 0 unspecified atom stereocenters. The monoisotopic (exact) mass is 302 g/mol. The molecular weight excluding hydrogens is 276 g/mol. The Bertz CT molecular complexity index is 513. The van der Waals surface area contributed by atoms with Gasteiger partial charge < -0.3 is 10.6 Å². The third-order valence-electron chi connectivity index (χ3n) is 3.85. The fraction of sp³-hybridized carbons (Fsp3) is 0.588. The van der Waals surface area contributed by atoms with Crippen molar-refractivity contribution in [2.75, 3.05) is 18.4 Å².